The number of hydrogen-bond acceptors (Lipinski definition) is 8. The van der Waals surface area contributed by atoms with Crippen molar-refractivity contribution >= 4 is 33.0 Å². The van der Waals surface area contributed by atoms with E-state index in [9.17, 15) is 17.6 Å². The Morgan fingerprint density at radius 3 is 2.46 bits per heavy atom. The van der Waals surface area contributed by atoms with Gasteiger partial charge in [0.15, 0.2) is 15.2 Å². The topological polar surface area (TPSA) is 121 Å². The number of pyridine rings is 1. The lowest BCUT2D eigenvalue weighted by molar-refractivity contribution is -0.134. The minimum atomic E-state index is -4.03. The van der Waals surface area contributed by atoms with Crippen LogP contribution in [0.2, 0.25) is 0 Å². The van der Waals surface area contributed by atoms with Gasteiger partial charge in [-0.1, -0.05) is 30.3 Å². The third kappa shape index (κ3) is 6.07. The predicted octanol–water partition coefficient (Wildman–Crippen LogP) is 4.10. The number of halogens is 1. The van der Waals surface area contributed by atoms with Crippen molar-refractivity contribution in [2.45, 2.75) is 16.8 Å². The summed E-state index contributed by atoms with van der Waals surface area (Å²) in [6.07, 6.45) is 1.73. The van der Waals surface area contributed by atoms with Gasteiger partial charge in [0.1, 0.15) is 23.2 Å². The Morgan fingerprint density at radius 1 is 1.06 bits per heavy atom. The molecular formula is C24H21FN4O4S2. The fourth-order valence-electron chi connectivity index (χ4n) is 3.34. The maximum absolute atomic E-state index is 13.5. The number of carbonyl (C=O) groups is 1. The molecule has 0 amide bonds. The van der Waals surface area contributed by atoms with E-state index in [1.807, 2.05) is 29.6 Å². The first-order valence-electron chi connectivity index (χ1n) is 10.5. The van der Waals surface area contributed by atoms with Crippen molar-refractivity contribution in [3.63, 3.8) is 0 Å². The van der Waals surface area contributed by atoms with Crippen LogP contribution < -0.4 is 10.6 Å². The van der Waals surface area contributed by atoms with E-state index in [0.717, 1.165) is 28.3 Å². The monoisotopic (exact) mass is 512 g/mol. The number of aromatic nitrogens is 2. The van der Waals surface area contributed by atoms with Crippen LogP contribution in [0.15, 0.2) is 83.2 Å². The lowest BCUT2D eigenvalue weighted by Gasteiger charge is -2.20. The molecule has 2 heterocycles. The zero-order chi connectivity index (χ0) is 24.8. The molecule has 0 aliphatic heterocycles. The van der Waals surface area contributed by atoms with Gasteiger partial charge in [0.2, 0.25) is 0 Å². The second-order valence-electron chi connectivity index (χ2n) is 7.49. The number of sulfone groups is 1. The Hall–Kier alpha value is -3.67. The number of benzene rings is 2. The lowest BCUT2D eigenvalue weighted by atomic mass is 10.1. The fraction of sp³-hybridized carbons (Fsp3) is 0.125. The van der Waals surface area contributed by atoms with E-state index < -0.39 is 27.0 Å². The number of nitrogens with zero attached hydrogens (tertiary/aromatic N) is 2. The average Bonchev–Trinajstić information content (AvgIpc) is 3.39. The quantitative estimate of drug-likeness (QED) is 0.272. The molecule has 3 N–H and O–H groups in total. The molecule has 11 heteroatoms. The lowest BCUT2D eigenvalue weighted by Crippen LogP contribution is -2.29. The van der Waals surface area contributed by atoms with Gasteiger partial charge in [-0.15, -0.1) is 11.3 Å². The summed E-state index contributed by atoms with van der Waals surface area (Å²) in [6.45, 7) is -0.164. The van der Waals surface area contributed by atoms with Crippen molar-refractivity contribution in [3.8, 4) is 10.6 Å². The molecule has 8 nitrogen and oxygen atoms in total. The van der Waals surface area contributed by atoms with Gasteiger partial charge in [0.05, 0.1) is 10.6 Å². The van der Waals surface area contributed by atoms with Crippen LogP contribution >= 0.6 is 11.3 Å². The van der Waals surface area contributed by atoms with Gasteiger partial charge in [0.25, 0.3) is 0 Å². The fourth-order valence-corrected chi connectivity index (χ4v) is 5.52. The van der Waals surface area contributed by atoms with Crippen LogP contribution in [0.5, 0.6) is 0 Å². The third-order valence-corrected chi connectivity index (χ3v) is 7.82. The highest BCUT2D eigenvalue weighted by atomic mass is 32.2. The van der Waals surface area contributed by atoms with E-state index in [-0.39, 0.29) is 29.5 Å². The first-order chi connectivity index (χ1) is 16.8. The zero-order valence-electron chi connectivity index (χ0n) is 18.3. The van der Waals surface area contributed by atoms with Gasteiger partial charge >= 0.3 is 5.97 Å². The molecule has 4 aromatic rings. The number of thiazole rings is 1. The van der Waals surface area contributed by atoms with Crippen LogP contribution in [0.25, 0.3) is 10.6 Å². The number of rotatable bonds is 10. The molecule has 180 valence electrons. The Balaban J connectivity index is 1.62. The van der Waals surface area contributed by atoms with Gasteiger partial charge in [0, 0.05) is 23.7 Å². The zero-order valence-corrected chi connectivity index (χ0v) is 19.9. The molecule has 0 saturated carbocycles. The Bertz CT molecular complexity index is 1390. The van der Waals surface area contributed by atoms with Gasteiger partial charge < -0.3 is 10.4 Å². The van der Waals surface area contributed by atoms with Crippen molar-refractivity contribution in [2.75, 3.05) is 11.9 Å². The molecule has 0 radical (unpaired) electrons. The van der Waals surface area contributed by atoms with Gasteiger partial charge in [-0.25, -0.2) is 22.8 Å². The molecule has 1 unspecified atom stereocenters. The average molecular weight is 513 g/mol. The minimum absolute atomic E-state index is 0.0683. The number of carboxylic acids is 1. The third-order valence-electron chi connectivity index (χ3n) is 5.04. The van der Waals surface area contributed by atoms with Crippen LogP contribution in [0.4, 0.5) is 10.2 Å². The number of carboxylic acid groups (broad SMARTS) is 1. The van der Waals surface area contributed by atoms with E-state index in [0.29, 0.717) is 0 Å². The summed E-state index contributed by atoms with van der Waals surface area (Å²) in [7, 11) is -4.03. The van der Waals surface area contributed by atoms with Crippen molar-refractivity contribution < 1.29 is 22.7 Å². The molecule has 2 aromatic carbocycles. The summed E-state index contributed by atoms with van der Waals surface area (Å²) >= 11 is 1.52. The van der Waals surface area contributed by atoms with Gasteiger partial charge in [-0.2, -0.15) is 0 Å². The molecule has 0 bridgehead atoms. The predicted molar refractivity (Wildman–Crippen MR) is 131 cm³/mol. The van der Waals surface area contributed by atoms with Gasteiger partial charge in [-0.3, -0.25) is 10.1 Å². The van der Waals surface area contributed by atoms with E-state index in [1.165, 1.54) is 29.5 Å². The summed E-state index contributed by atoms with van der Waals surface area (Å²) in [6, 6.07) is 16.8. The molecule has 2 aromatic heterocycles. The van der Waals surface area contributed by atoms with Crippen molar-refractivity contribution in [2.24, 2.45) is 0 Å². The Morgan fingerprint density at radius 2 is 1.80 bits per heavy atom. The van der Waals surface area contributed by atoms with Crippen molar-refractivity contribution in [1.82, 2.24) is 15.3 Å². The molecule has 0 aliphatic rings. The first-order valence-corrected chi connectivity index (χ1v) is 12.9. The Kier molecular flexibility index (Phi) is 7.49. The number of hydrogen-bond donors (Lipinski definition) is 3. The number of nitrogens with one attached hydrogen (secondary N) is 2. The normalized spacial score (nSPS) is 12.3. The molecule has 0 aliphatic carbocycles. The van der Waals surface area contributed by atoms with Crippen LogP contribution in [-0.2, 0) is 21.2 Å². The molecular weight excluding hydrogens is 491 g/mol. The standard InChI is InChI=1S/C24H21FN4O4S2/c25-18-8-10-19(11-9-18)35(32,33)24(20-2-1-3-21(29-20)27-15-22(30)31)28-14-16-4-6-17(7-5-16)23-26-12-13-34-23/h1-13,24,28H,14-15H2,(H,27,29)(H,30,31). The van der Waals surface area contributed by atoms with E-state index in [1.54, 1.807) is 18.3 Å². The second kappa shape index (κ2) is 10.7. The van der Waals surface area contributed by atoms with Crippen LogP contribution in [0.3, 0.4) is 0 Å². The summed E-state index contributed by atoms with van der Waals surface area (Å²) in [5.41, 5.74) is 1.96. The molecule has 35 heavy (non-hydrogen) atoms. The molecule has 0 saturated heterocycles. The summed E-state index contributed by atoms with van der Waals surface area (Å²) in [4.78, 5) is 19.4. The van der Waals surface area contributed by atoms with Crippen LogP contribution in [-0.4, -0.2) is 36.0 Å². The van der Waals surface area contributed by atoms with Crippen molar-refractivity contribution in [3.05, 3.63) is 95.4 Å². The molecule has 0 fully saturated rings. The van der Waals surface area contributed by atoms with E-state index in [4.69, 9.17) is 5.11 Å². The first kappa shape index (κ1) is 24.5. The number of aliphatic carboxylic acids is 1. The maximum Gasteiger partial charge on any atom is 0.322 e. The molecule has 0 spiro atoms. The van der Waals surface area contributed by atoms with Crippen LogP contribution in [0.1, 0.15) is 16.6 Å². The Labute approximate surface area is 205 Å². The number of anilines is 1. The second-order valence-corrected chi connectivity index (χ2v) is 10.4. The highest BCUT2D eigenvalue weighted by Gasteiger charge is 2.30. The summed E-state index contributed by atoms with van der Waals surface area (Å²) in [5.74, 6) is -1.41. The highest BCUT2D eigenvalue weighted by molar-refractivity contribution is 7.91. The highest BCUT2D eigenvalue weighted by Crippen LogP contribution is 2.28. The molecule has 4 rings (SSSR count). The van der Waals surface area contributed by atoms with Crippen molar-refractivity contribution in [1.29, 1.82) is 0 Å². The largest absolute Gasteiger partial charge is 0.480 e. The SMILES string of the molecule is O=C(O)CNc1cccc(C(NCc2ccc(-c3nccs3)cc2)S(=O)(=O)c2ccc(F)cc2)n1. The smallest absolute Gasteiger partial charge is 0.322 e. The maximum atomic E-state index is 13.5. The van der Waals surface area contributed by atoms with Crippen LogP contribution in [0, 0.1) is 5.82 Å². The van der Waals surface area contributed by atoms with Gasteiger partial charge in [-0.05, 0) is 42.0 Å². The summed E-state index contributed by atoms with van der Waals surface area (Å²) < 4.78 is 40.4. The summed E-state index contributed by atoms with van der Waals surface area (Å²) in [5, 5.41) is 16.1. The van der Waals surface area contributed by atoms with E-state index in [2.05, 4.69) is 20.6 Å². The molecule has 1 atom stereocenters. The van der Waals surface area contributed by atoms with E-state index >= 15 is 0 Å². The minimum Gasteiger partial charge on any atom is -0.480 e.